The van der Waals surface area contributed by atoms with E-state index in [2.05, 4.69) is 0 Å². The minimum absolute atomic E-state index is 2.97. The summed E-state index contributed by atoms with van der Waals surface area (Å²) in [6.07, 6.45) is -4.78. The van der Waals surface area contributed by atoms with Crippen LogP contribution in [0, 0.1) is 0 Å². The molecule has 0 heterocycles. The minimum Gasteiger partial charge on any atom is -0.203 e. The molecule has 10 heteroatoms. The van der Waals surface area contributed by atoms with Crippen molar-refractivity contribution in [2.24, 2.45) is 0 Å². The van der Waals surface area contributed by atoms with E-state index in [9.17, 15) is 38.6 Å². The fourth-order valence-electron chi connectivity index (χ4n) is 0.472. The second kappa shape index (κ2) is 3.55. The maximum Gasteiger partial charge on any atom is 0.370 e. The molecule has 0 aromatic heterocycles. The largest absolute Gasteiger partial charge is 0.370 e. The summed E-state index contributed by atoms with van der Waals surface area (Å²) in [6.45, 7) is 0. The average Bonchev–Trinajstić information content (AvgIpc) is 1.80. The predicted molar refractivity (Wildman–Crippen MR) is 30.8 cm³/mol. The first kappa shape index (κ1) is 13.5. The first-order valence-electron chi connectivity index (χ1n) is 2.86. The van der Waals surface area contributed by atoms with E-state index in [1.165, 1.54) is 0 Å². The Morgan fingerprint density at radius 1 is 1.07 bits per heavy atom. The SMILES string of the molecule is O=S(=O)(F)CC(F)(F)C(F)(F)C(F)F. The van der Waals surface area contributed by atoms with Gasteiger partial charge in [-0.05, 0) is 0 Å². The van der Waals surface area contributed by atoms with Crippen LogP contribution in [0.2, 0.25) is 0 Å². The van der Waals surface area contributed by atoms with Crippen LogP contribution < -0.4 is 0 Å². The molecule has 2 nitrogen and oxygen atoms in total. The van der Waals surface area contributed by atoms with E-state index in [4.69, 9.17) is 0 Å². The van der Waals surface area contributed by atoms with Gasteiger partial charge >= 0.3 is 28.5 Å². The lowest BCUT2D eigenvalue weighted by Crippen LogP contribution is -2.49. The fourth-order valence-corrected chi connectivity index (χ4v) is 1.10. The van der Waals surface area contributed by atoms with Crippen LogP contribution in [0.15, 0.2) is 0 Å². The molecule has 0 aromatic carbocycles. The molecule has 0 aromatic rings. The summed E-state index contributed by atoms with van der Waals surface area (Å²) >= 11 is 0. The van der Waals surface area contributed by atoms with Gasteiger partial charge in [0.15, 0.2) is 0 Å². The monoisotopic (exact) mass is 248 g/mol. The van der Waals surface area contributed by atoms with Crippen LogP contribution in [0.5, 0.6) is 0 Å². The average molecular weight is 248 g/mol. The van der Waals surface area contributed by atoms with E-state index in [1.54, 1.807) is 0 Å². The fraction of sp³-hybridized carbons (Fsp3) is 1.00. The van der Waals surface area contributed by atoms with Crippen LogP contribution in [0.4, 0.5) is 30.2 Å². The molecule has 0 spiro atoms. The first-order chi connectivity index (χ1) is 5.90. The summed E-state index contributed by atoms with van der Waals surface area (Å²) in [6, 6.07) is 0. The Labute approximate surface area is 73.9 Å². The van der Waals surface area contributed by atoms with Crippen LogP contribution in [0.25, 0.3) is 0 Å². The topological polar surface area (TPSA) is 34.1 Å². The van der Waals surface area contributed by atoms with Crippen molar-refractivity contribution < 1.29 is 38.6 Å². The summed E-state index contributed by atoms with van der Waals surface area (Å²) in [5.74, 6) is -14.5. The molecule has 0 saturated carbocycles. The van der Waals surface area contributed by atoms with Gasteiger partial charge in [-0.25, -0.2) is 8.78 Å². The lowest BCUT2D eigenvalue weighted by molar-refractivity contribution is -0.253. The number of hydrogen-bond acceptors (Lipinski definition) is 2. The highest BCUT2D eigenvalue weighted by Crippen LogP contribution is 2.40. The zero-order chi connectivity index (χ0) is 11.8. The summed E-state index contributed by atoms with van der Waals surface area (Å²) in [5, 5.41) is 0. The van der Waals surface area contributed by atoms with Gasteiger partial charge in [0, 0.05) is 0 Å². The molecule has 0 bridgehead atoms. The molecule has 0 radical (unpaired) electrons. The van der Waals surface area contributed by atoms with E-state index in [0.717, 1.165) is 0 Å². The van der Waals surface area contributed by atoms with Gasteiger partial charge in [-0.3, -0.25) is 0 Å². The van der Waals surface area contributed by atoms with Gasteiger partial charge < -0.3 is 0 Å². The Bertz CT molecular complexity index is 295. The van der Waals surface area contributed by atoms with Gasteiger partial charge in [-0.2, -0.15) is 26.0 Å². The quantitative estimate of drug-likeness (QED) is 0.561. The Kier molecular flexibility index (Phi) is 3.42. The van der Waals surface area contributed by atoms with E-state index < -0.39 is 34.2 Å². The Balaban J connectivity index is 4.96. The van der Waals surface area contributed by atoms with Crippen LogP contribution in [-0.4, -0.2) is 32.4 Å². The van der Waals surface area contributed by atoms with Crippen molar-refractivity contribution in [3.63, 3.8) is 0 Å². The predicted octanol–water partition coefficient (Wildman–Crippen LogP) is 1.82. The highest BCUT2D eigenvalue weighted by atomic mass is 32.3. The number of halogens is 7. The second-order valence-electron chi connectivity index (χ2n) is 2.31. The molecular formula is C4H3F7O2S. The molecule has 0 aliphatic heterocycles. The minimum atomic E-state index is -5.96. The van der Waals surface area contributed by atoms with Crippen LogP contribution in [-0.2, 0) is 10.2 Å². The van der Waals surface area contributed by atoms with Crippen LogP contribution >= 0.6 is 0 Å². The zero-order valence-corrected chi connectivity index (χ0v) is 6.97. The van der Waals surface area contributed by atoms with E-state index in [0.29, 0.717) is 0 Å². The molecule has 0 unspecified atom stereocenters. The maximum atomic E-state index is 12.1. The van der Waals surface area contributed by atoms with Crippen LogP contribution in [0.1, 0.15) is 0 Å². The molecule has 0 N–H and O–H groups in total. The summed E-state index contributed by atoms with van der Waals surface area (Å²) in [5.41, 5.74) is 0. The lowest BCUT2D eigenvalue weighted by atomic mass is 10.2. The third-order valence-electron chi connectivity index (χ3n) is 1.12. The second-order valence-corrected chi connectivity index (χ2v) is 3.68. The standard InChI is InChI=1S/C4H3F7O2S/c5-2(6)4(9,10)3(7,8)1-14(11,12)13/h2H,1H2. The van der Waals surface area contributed by atoms with E-state index in [-0.39, 0.29) is 0 Å². The third kappa shape index (κ3) is 3.00. The number of alkyl halides is 6. The van der Waals surface area contributed by atoms with Crippen LogP contribution in [0.3, 0.4) is 0 Å². The number of hydrogen-bond donors (Lipinski definition) is 0. The molecule has 0 rings (SSSR count). The smallest absolute Gasteiger partial charge is 0.203 e. The van der Waals surface area contributed by atoms with Gasteiger partial charge in [0.1, 0.15) is 5.75 Å². The summed E-state index contributed by atoms with van der Waals surface area (Å²) in [4.78, 5) is 0. The van der Waals surface area contributed by atoms with Crippen molar-refractivity contribution in [2.75, 3.05) is 5.75 Å². The molecular weight excluding hydrogens is 245 g/mol. The first-order valence-corrected chi connectivity index (χ1v) is 4.41. The molecule has 14 heavy (non-hydrogen) atoms. The number of rotatable bonds is 4. The summed E-state index contributed by atoms with van der Waals surface area (Å²) < 4.78 is 101. The van der Waals surface area contributed by atoms with E-state index in [1.807, 2.05) is 0 Å². The van der Waals surface area contributed by atoms with Gasteiger partial charge in [0.05, 0.1) is 0 Å². The summed E-state index contributed by atoms with van der Waals surface area (Å²) in [7, 11) is -5.96. The molecule has 0 fully saturated rings. The zero-order valence-electron chi connectivity index (χ0n) is 6.15. The maximum absolute atomic E-state index is 12.1. The van der Waals surface area contributed by atoms with Crippen molar-refractivity contribution in [1.82, 2.24) is 0 Å². The Morgan fingerprint density at radius 2 is 1.43 bits per heavy atom. The van der Waals surface area contributed by atoms with Crippen molar-refractivity contribution in [1.29, 1.82) is 0 Å². The van der Waals surface area contributed by atoms with Crippen molar-refractivity contribution in [2.45, 2.75) is 18.3 Å². The molecule has 86 valence electrons. The van der Waals surface area contributed by atoms with Crippen molar-refractivity contribution >= 4 is 10.2 Å². The molecule has 0 aliphatic rings. The van der Waals surface area contributed by atoms with Gasteiger partial charge in [-0.15, -0.1) is 3.89 Å². The highest BCUT2D eigenvalue weighted by Gasteiger charge is 2.64. The van der Waals surface area contributed by atoms with Gasteiger partial charge in [-0.1, -0.05) is 0 Å². The van der Waals surface area contributed by atoms with Gasteiger partial charge in [0.2, 0.25) is 0 Å². The molecule has 0 atom stereocenters. The molecule has 0 aliphatic carbocycles. The van der Waals surface area contributed by atoms with Crippen molar-refractivity contribution in [3.8, 4) is 0 Å². The molecule has 0 saturated heterocycles. The Morgan fingerprint density at radius 3 is 1.64 bits per heavy atom. The highest BCUT2D eigenvalue weighted by molar-refractivity contribution is 7.86. The normalized spacial score (nSPS) is 14.9. The van der Waals surface area contributed by atoms with Crippen molar-refractivity contribution in [3.05, 3.63) is 0 Å². The third-order valence-corrected chi connectivity index (χ3v) is 1.82. The molecule has 0 amide bonds. The van der Waals surface area contributed by atoms with Gasteiger partial charge in [0.25, 0.3) is 0 Å². The lowest BCUT2D eigenvalue weighted by Gasteiger charge is -2.23. The van der Waals surface area contributed by atoms with E-state index >= 15 is 0 Å². The Hall–Kier alpha value is -0.540.